The Balaban J connectivity index is 1.16. The zero-order chi connectivity index (χ0) is 38.4. The molecule has 0 saturated carbocycles. The van der Waals surface area contributed by atoms with Crippen LogP contribution in [0.4, 0.5) is 0 Å². The highest BCUT2D eigenvalue weighted by Gasteiger charge is 2.10. The minimum atomic E-state index is -0.508. The first-order valence-corrected chi connectivity index (χ1v) is 17.0. The number of ether oxygens (including phenoxy) is 6. The predicted octanol–water partition coefficient (Wildman–Crippen LogP) is 7.30. The van der Waals surface area contributed by atoms with Crippen molar-refractivity contribution in [3.05, 3.63) is 145 Å². The lowest BCUT2D eigenvalue weighted by Gasteiger charge is -2.08. The van der Waals surface area contributed by atoms with Crippen LogP contribution in [-0.4, -0.2) is 50.3 Å². The molecule has 0 aliphatic rings. The molecule has 0 bridgehead atoms. The Hall–Kier alpha value is -7.04. The molecule has 0 saturated heterocycles. The topological polar surface area (TPSA) is 124 Å². The molecule has 10 nitrogen and oxygen atoms in total. The van der Waals surface area contributed by atoms with Gasteiger partial charge in [0.1, 0.15) is 23.0 Å². The number of hydrogen-bond donors (Lipinski definition) is 0. The van der Waals surface area contributed by atoms with E-state index in [1.54, 1.807) is 97.1 Å². The Morgan fingerprint density at radius 3 is 1.15 bits per heavy atom. The van der Waals surface area contributed by atoms with Gasteiger partial charge in [0.05, 0.1) is 37.6 Å². The van der Waals surface area contributed by atoms with Crippen molar-refractivity contribution in [2.75, 3.05) is 26.4 Å². The third-order valence-corrected chi connectivity index (χ3v) is 7.22. The molecule has 10 heteroatoms. The van der Waals surface area contributed by atoms with Crippen LogP contribution in [-0.2, 0) is 19.1 Å². The van der Waals surface area contributed by atoms with Gasteiger partial charge >= 0.3 is 23.9 Å². The summed E-state index contributed by atoms with van der Waals surface area (Å²) < 4.78 is 32.1. The number of rotatable bonds is 18. The SMILES string of the molecule is C=CC(=O)OCCCCOc1ccc(C(=O)Oc2ccc(C#CC#Cc3ccc(OC(=O)c4ccc(OCCCCOC(=O)C=C)cc4)cc3)cc2)cc1. The largest absolute Gasteiger partial charge is 0.494 e. The van der Waals surface area contributed by atoms with Crippen LogP contribution in [0, 0.1) is 23.7 Å². The summed E-state index contributed by atoms with van der Waals surface area (Å²) in [6.45, 7) is 8.19. The second-order valence-corrected chi connectivity index (χ2v) is 11.2. The van der Waals surface area contributed by atoms with Gasteiger partial charge in [0.25, 0.3) is 0 Å². The molecule has 4 aromatic rings. The molecule has 0 aliphatic heterocycles. The molecule has 0 heterocycles. The third kappa shape index (κ3) is 14.3. The molecule has 0 aliphatic carbocycles. The number of benzene rings is 4. The van der Waals surface area contributed by atoms with E-state index in [-0.39, 0.29) is 0 Å². The fourth-order valence-electron chi connectivity index (χ4n) is 4.38. The van der Waals surface area contributed by atoms with E-state index in [0.717, 1.165) is 12.2 Å². The molecule has 0 aromatic heterocycles. The summed E-state index contributed by atoms with van der Waals surface area (Å²) in [5.74, 6) is 11.6. The molecule has 54 heavy (non-hydrogen) atoms. The van der Waals surface area contributed by atoms with Crippen LogP contribution in [0.2, 0.25) is 0 Å². The molecule has 0 unspecified atom stereocenters. The molecular weight excluding hydrogens is 688 g/mol. The molecule has 4 rings (SSSR count). The van der Waals surface area contributed by atoms with Gasteiger partial charge in [-0.25, -0.2) is 19.2 Å². The van der Waals surface area contributed by atoms with E-state index in [9.17, 15) is 19.2 Å². The first kappa shape index (κ1) is 39.7. The quantitative estimate of drug-likeness (QED) is 0.0339. The second-order valence-electron chi connectivity index (χ2n) is 11.2. The summed E-state index contributed by atoms with van der Waals surface area (Å²) in [4.78, 5) is 47.2. The maximum absolute atomic E-state index is 12.6. The minimum Gasteiger partial charge on any atom is -0.494 e. The van der Waals surface area contributed by atoms with Crippen molar-refractivity contribution in [3.63, 3.8) is 0 Å². The van der Waals surface area contributed by atoms with E-state index >= 15 is 0 Å². The van der Waals surface area contributed by atoms with Gasteiger partial charge in [-0.15, -0.1) is 0 Å². The van der Waals surface area contributed by atoms with E-state index in [1.165, 1.54) is 0 Å². The molecular formula is C44H38O10. The van der Waals surface area contributed by atoms with Crippen LogP contribution in [0.3, 0.4) is 0 Å². The number of carbonyl (C=O) groups is 4. The highest BCUT2D eigenvalue weighted by atomic mass is 16.5. The van der Waals surface area contributed by atoms with E-state index in [0.29, 0.717) is 97.4 Å². The Kier molecular flexibility index (Phi) is 16.2. The summed E-state index contributed by atoms with van der Waals surface area (Å²) in [6.07, 6.45) is 4.99. The first-order valence-electron chi connectivity index (χ1n) is 17.0. The van der Waals surface area contributed by atoms with Gasteiger partial charge in [0, 0.05) is 23.3 Å². The standard InChI is InChI=1S/C44H38O10/c1-3-41(45)51-31-9-7-29-49-37-25-17-35(18-26-37)43(47)53-39-21-13-33(14-22-39)11-5-6-12-34-15-23-40(24-16-34)54-44(48)36-19-27-38(28-20-36)50-30-8-10-32-52-42(46)4-2/h3-4,13-28H,1-2,7-10,29-32H2. The molecule has 0 atom stereocenters. The molecule has 0 radical (unpaired) electrons. The van der Waals surface area contributed by atoms with Gasteiger partial charge in [-0.3, -0.25) is 0 Å². The van der Waals surface area contributed by atoms with Crippen molar-refractivity contribution < 1.29 is 47.6 Å². The van der Waals surface area contributed by atoms with Crippen LogP contribution in [0.5, 0.6) is 23.0 Å². The van der Waals surface area contributed by atoms with Gasteiger partial charge in [-0.1, -0.05) is 25.0 Å². The molecule has 4 aromatic carbocycles. The van der Waals surface area contributed by atoms with Gasteiger partial charge < -0.3 is 28.4 Å². The van der Waals surface area contributed by atoms with Crippen molar-refractivity contribution in [2.45, 2.75) is 25.7 Å². The molecule has 0 N–H and O–H groups in total. The lowest BCUT2D eigenvalue weighted by atomic mass is 10.2. The Morgan fingerprint density at radius 1 is 0.463 bits per heavy atom. The minimum absolute atomic E-state index is 0.305. The van der Waals surface area contributed by atoms with Gasteiger partial charge in [-0.05, 0) is 135 Å². The maximum atomic E-state index is 12.6. The Morgan fingerprint density at radius 2 is 0.796 bits per heavy atom. The number of esters is 4. The first-order chi connectivity index (χ1) is 26.3. The van der Waals surface area contributed by atoms with E-state index in [2.05, 4.69) is 36.8 Å². The fraction of sp³-hybridized carbons (Fsp3) is 0.182. The summed E-state index contributed by atoms with van der Waals surface area (Å²) in [5, 5.41) is 0. The zero-order valence-corrected chi connectivity index (χ0v) is 29.5. The van der Waals surface area contributed by atoms with Crippen LogP contribution in [0.25, 0.3) is 0 Å². The van der Waals surface area contributed by atoms with E-state index in [1.807, 2.05) is 0 Å². The summed E-state index contributed by atoms with van der Waals surface area (Å²) in [6, 6.07) is 26.8. The number of unbranched alkanes of at least 4 members (excludes halogenated alkanes) is 2. The molecule has 0 spiro atoms. The van der Waals surface area contributed by atoms with E-state index in [4.69, 9.17) is 28.4 Å². The molecule has 0 fully saturated rings. The average Bonchev–Trinajstić information content (AvgIpc) is 3.20. The highest BCUT2D eigenvalue weighted by Crippen LogP contribution is 2.19. The lowest BCUT2D eigenvalue weighted by Crippen LogP contribution is -2.08. The summed E-state index contributed by atoms with van der Waals surface area (Å²) in [7, 11) is 0. The van der Waals surface area contributed by atoms with Gasteiger partial charge in [0.15, 0.2) is 0 Å². The van der Waals surface area contributed by atoms with Crippen LogP contribution < -0.4 is 18.9 Å². The lowest BCUT2D eigenvalue weighted by molar-refractivity contribution is -0.138. The number of hydrogen-bond acceptors (Lipinski definition) is 10. The number of carbonyl (C=O) groups excluding carboxylic acids is 4. The normalized spacial score (nSPS) is 9.85. The Labute approximate surface area is 314 Å². The van der Waals surface area contributed by atoms with Gasteiger partial charge in [0.2, 0.25) is 0 Å². The summed E-state index contributed by atoms with van der Waals surface area (Å²) >= 11 is 0. The molecule has 274 valence electrons. The average molecular weight is 727 g/mol. The van der Waals surface area contributed by atoms with Crippen molar-refractivity contribution in [1.29, 1.82) is 0 Å². The Bertz CT molecular complexity index is 1860. The van der Waals surface area contributed by atoms with Crippen molar-refractivity contribution in [2.24, 2.45) is 0 Å². The van der Waals surface area contributed by atoms with Crippen LogP contribution in [0.15, 0.2) is 122 Å². The van der Waals surface area contributed by atoms with Gasteiger partial charge in [-0.2, -0.15) is 0 Å². The zero-order valence-electron chi connectivity index (χ0n) is 29.5. The summed E-state index contributed by atoms with van der Waals surface area (Å²) in [5.41, 5.74) is 2.12. The van der Waals surface area contributed by atoms with Crippen molar-refractivity contribution in [3.8, 4) is 46.7 Å². The van der Waals surface area contributed by atoms with Crippen LogP contribution in [0.1, 0.15) is 57.5 Å². The second kappa shape index (κ2) is 22.0. The highest BCUT2D eigenvalue weighted by molar-refractivity contribution is 5.91. The molecule has 0 amide bonds. The fourth-order valence-corrected chi connectivity index (χ4v) is 4.38. The smallest absolute Gasteiger partial charge is 0.343 e. The van der Waals surface area contributed by atoms with Crippen molar-refractivity contribution >= 4 is 23.9 Å². The van der Waals surface area contributed by atoms with Crippen molar-refractivity contribution in [1.82, 2.24) is 0 Å². The van der Waals surface area contributed by atoms with Crippen LogP contribution >= 0.6 is 0 Å². The third-order valence-electron chi connectivity index (χ3n) is 7.22. The monoisotopic (exact) mass is 726 g/mol. The van der Waals surface area contributed by atoms with E-state index < -0.39 is 23.9 Å². The maximum Gasteiger partial charge on any atom is 0.343 e. The predicted molar refractivity (Wildman–Crippen MR) is 201 cm³/mol.